The normalized spacial score (nSPS) is 5.71. The Balaban J connectivity index is 0. The van der Waals surface area contributed by atoms with Crippen LogP contribution in [-0.4, -0.2) is 28.0 Å². The zero-order chi connectivity index (χ0) is 3.54. The van der Waals surface area contributed by atoms with Gasteiger partial charge in [-0.25, -0.2) is 0 Å². The molecule has 0 aliphatic heterocycles. The minimum absolute atomic E-state index is 0. The summed E-state index contributed by atoms with van der Waals surface area (Å²) in [5.41, 5.74) is 0. The Morgan fingerprint density at radius 2 is 1.43 bits per heavy atom. The molecular weight excluding hydrogens is 122 g/mol. The topological polar surface area (TPSA) is 15.8 Å². The Morgan fingerprint density at radius 3 is 1.57 bits per heavy atom. The average molecular weight is 127 g/mol. The monoisotopic (exact) mass is 126 g/mol. The van der Waals surface area contributed by atoms with E-state index in [2.05, 4.69) is 4.98 Å². The number of aromatic amines is 1. The van der Waals surface area contributed by atoms with E-state index in [1.54, 1.807) is 0 Å². The van der Waals surface area contributed by atoms with Crippen molar-refractivity contribution in [3.63, 3.8) is 0 Å². The molecule has 0 aliphatic carbocycles. The Bertz CT molecular complexity index is 68.2. The number of H-pyrrole nitrogens is 1. The molecule has 1 heterocycles. The van der Waals surface area contributed by atoms with E-state index in [9.17, 15) is 0 Å². The molecule has 1 aromatic rings. The second-order valence-corrected chi connectivity index (χ2v) is 0.885. The van der Waals surface area contributed by atoms with E-state index >= 15 is 0 Å². The molecule has 0 bridgehead atoms. The maximum atomic E-state index is 2.86. The van der Waals surface area contributed by atoms with E-state index in [-0.39, 0.29) is 35.5 Å². The molecule has 0 atom stereocenters. The molecule has 1 aromatic heterocycles. The van der Waals surface area contributed by atoms with Gasteiger partial charge in [-0.3, -0.25) is 0 Å². The molecular formula is C4H5ClMgN+. The van der Waals surface area contributed by atoms with Crippen LogP contribution in [0.5, 0.6) is 0 Å². The van der Waals surface area contributed by atoms with E-state index < -0.39 is 0 Å². The van der Waals surface area contributed by atoms with Crippen molar-refractivity contribution in [2.45, 2.75) is 0 Å². The number of halogens is 1. The van der Waals surface area contributed by atoms with Crippen molar-refractivity contribution in [1.29, 1.82) is 0 Å². The molecule has 34 valence electrons. The van der Waals surface area contributed by atoms with Crippen LogP contribution >= 0.6 is 0 Å². The van der Waals surface area contributed by atoms with Crippen LogP contribution in [-0.2, 0) is 0 Å². The van der Waals surface area contributed by atoms with Crippen LogP contribution in [0.4, 0.5) is 0 Å². The molecule has 0 aromatic carbocycles. The summed E-state index contributed by atoms with van der Waals surface area (Å²) in [4.78, 5) is 2.86. The zero-order valence-corrected chi connectivity index (χ0v) is 6.06. The first-order valence-corrected chi connectivity index (χ1v) is 1.58. The van der Waals surface area contributed by atoms with Crippen LogP contribution in [0.25, 0.3) is 0 Å². The largest absolute Gasteiger partial charge is 2.00 e. The summed E-state index contributed by atoms with van der Waals surface area (Å²) in [6, 6.07) is 3.89. The summed E-state index contributed by atoms with van der Waals surface area (Å²) in [7, 11) is 0. The molecule has 0 aliphatic rings. The van der Waals surface area contributed by atoms with Crippen molar-refractivity contribution < 1.29 is 12.4 Å². The minimum Gasteiger partial charge on any atom is -1.00 e. The predicted molar refractivity (Wildman–Crippen MR) is 26.5 cm³/mol. The van der Waals surface area contributed by atoms with Gasteiger partial charge in [0, 0.05) is 12.4 Å². The van der Waals surface area contributed by atoms with Crippen LogP contribution in [0, 0.1) is 0 Å². The van der Waals surface area contributed by atoms with Gasteiger partial charge in [-0.15, -0.1) is 0 Å². The van der Waals surface area contributed by atoms with Crippen LogP contribution in [0.3, 0.4) is 0 Å². The molecule has 0 saturated heterocycles. The van der Waals surface area contributed by atoms with Gasteiger partial charge in [0.05, 0.1) is 0 Å². The van der Waals surface area contributed by atoms with Crippen LogP contribution < -0.4 is 12.4 Å². The van der Waals surface area contributed by atoms with Crippen molar-refractivity contribution in [2.24, 2.45) is 0 Å². The Kier molecular flexibility index (Phi) is 9.36. The van der Waals surface area contributed by atoms with Gasteiger partial charge in [0.2, 0.25) is 0 Å². The zero-order valence-electron chi connectivity index (χ0n) is 3.89. The van der Waals surface area contributed by atoms with E-state index in [4.69, 9.17) is 0 Å². The molecule has 0 unspecified atom stereocenters. The first-order chi connectivity index (χ1) is 2.50. The van der Waals surface area contributed by atoms with Gasteiger partial charge in [-0.2, -0.15) is 0 Å². The summed E-state index contributed by atoms with van der Waals surface area (Å²) in [6.07, 6.45) is 3.75. The fourth-order valence-corrected chi connectivity index (χ4v) is 0.278. The van der Waals surface area contributed by atoms with Crippen molar-refractivity contribution >= 4 is 23.1 Å². The van der Waals surface area contributed by atoms with Crippen molar-refractivity contribution in [3.05, 3.63) is 24.5 Å². The molecule has 3 heteroatoms. The van der Waals surface area contributed by atoms with Gasteiger partial charge in [0.25, 0.3) is 0 Å². The van der Waals surface area contributed by atoms with E-state index in [0.29, 0.717) is 0 Å². The smallest absolute Gasteiger partial charge is 1.00 e. The van der Waals surface area contributed by atoms with Gasteiger partial charge in [-0.1, -0.05) is 0 Å². The summed E-state index contributed by atoms with van der Waals surface area (Å²) >= 11 is 0. The number of hydrogen-bond acceptors (Lipinski definition) is 0. The van der Waals surface area contributed by atoms with Crippen molar-refractivity contribution in [1.82, 2.24) is 4.98 Å². The SMILES string of the molecule is [Cl-].[Mg+2].c1cc[nH]c1. The predicted octanol–water partition coefficient (Wildman–Crippen LogP) is -2.36. The molecule has 0 fully saturated rings. The molecule has 1 rings (SSSR count). The summed E-state index contributed by atoms with van der Waals surface area (Å²) in [6.45, 7) is 0. The van der Waals surface area contributed by atoms with Crippen LogP contribution in [0.15, 0.2) is 24.5 Å². The molecule has 0 radical (unpaired) electrons. The summed E-state index contributed by atoms with van der Waals surface area (Å²) in [5, 5.41) is 0. The third kappa shape index (κ3) is 4.18. The quantitative estimate of drug-likeness (QED) is 0.375. The average Bonchev–Trinajstić information content (AvgIpc) is 1.76. The van der Waals surface area contributed by atoms with Gasteiger partial charge in [0.1, 0.15) is 0 Å². The fraction of sp³-hybridized carbons (Fsp3) is 0. The Labute approximate surface area is 65.1 Å². The first kappa shape index (κ1) is 10.3. The minimum atomic E-state index is 0. The molecule has 1 nitrogen and oxygen atoms in total. The number of hydrogen-bond donors (Lipinski definition) is 1. The Hall–Kier alpha value is 0.336. The molecule has 7 heavy (non-hydrogen) atoms. The maximum Gasteiger partial charge on any atom is 2.00 e. The van der Waals surface area contributed by atoms with Gasteiger partial charge < -0.3 is 17.4 Å². The number of nitrogens with one attached hydrogen (secondary N) is 1. The molecule has 0 amide bonds. The molecule has 0 saturated carbocycles. The second-order valence-electron chi connectivity index (χ2n) is 0.885. The van der Waals surface area contributed by atoms with E-state index in [1.165, 1.54) is 0 Å². The van der Waals surface area contributed by atoms with E-state index in [0.717, 1.165) is 0 Å². The molecule has 0 spiro atoms. The molecule has 1 N–H and O–H groups in total. The Morgan fingerprint density at radius 1 is 1.00 bits per heavy atom. The number of aromatic nitrogens is 1. The standard InChI is InChI=1S/C4H5N.ClH.Mg/c1-2-4-5-3-1;;/h1-5H;1H;/q;;+2/p-1. The fourth-order valence-electron chi connectivity index (χ4n) is 0.278. The van der Waals surface area contributed by atoms with Crippen LogP contribution in [0.2, 0.25) is 0 Å². The van der Waals surface area contributed by atoms with Crippen molar-refractivity contribution in [2.75, 3.05) is 0 Å². The van der Waals surface area contributed by atoms with Crippen molar-refractivity contribution in [3.8, 4) is 0 Å². The maximum absolute atomic E-state index is 2.86. The van der Waals surface area contributed by atoms with Gasteiger partial charge in [-0.05, 0) is 12.1 Å². The van der Waals surface area contributed by atoms with Crippen LogP contribution in [0.1, 0.15) is 0 Å². The summed E-state index contributed by atoms with van der Waals surface area (Å²) < 4.78 is 0. The van der Waals surface area contributed by atoms with Gasteiger partial charge >= 0.3 is 23.1 Å². The van der Waals surface area contributed by atoms with Gasteiger partial charge in [0.15, 0.2) is 0 Å². The number of rotatable bonds is 0. The summed E-state index contributed by atoms with van der Waals surface area (Å²) in [5.74, 6) is 0. The third-order valence-electron chi connectivity index (χ3n) is 0.496. The second kappa shape index (κ2) is 6.34. The first-order valence-electron chi connectivity index (χ1n) is 1.58. The third-order valence-corrected chi connectivity index (χ3v) is 0.496. The van der Waals surface area contributed by atoms with E-state index in [1.807, 2.05) is 24.5 Å².